The van der Waals surface area contributed by atoms with Crippen molar-refractivity contribution in [1.82, 2.24) is 14.5 Å². The van der Waals surface area contributed by atoms with E-state index in [9.17, 15) is 9.59 Å². The molecule has 1 aliphatic rings. The Morgan fingerprint density at radius 3 is 2.58 bits per heavy atom. The number of carbonyl (C=O) groups is 2. The molecule has 0 aliphatic carbocycles. The minimum atomic E-state index is -0.175. The third-order valence-electron chi connectivity index (χ3n) is 3.03. The van der Waals surface area contributed by atoms with Gasteiger partial charge < -0.3 is 9.47 Å². The molecule has 0 aromatic carbocycles. The Balaban J connectivity index is 2.08. The van der Waals surface area contributed by atoms with Crippen LogP contribution in [0.5, 0.6) is 0 Å². The van der Waals surface area contributed by atoms with Gasteiger partial charge in [-0.05, 0) is 0 Å². The van der Waals surface area contributed by atoms with Gasteiger partial charge in [0.1, 0.15) is 24.5 Å². The molecule has 0 atom stereocenters. The summed E-state index contributed by atoms with van der Waals surface area (Å²) in [4.78, 5) is 28.5. The number of likely N-dealkylation sites (tertiary alicyclic amines) is 1. The van der Waals surface area contributed by atoms with Crippen LogP contribution in [0.1, 0.15) is 24.2 Å². The van der Waals surface area contributed by atoms with Gasteiger partial charge in [0.15, 0.2) is 11.4 Å². The lowest BCUT2D eigenvalue weighted by atomic mass is 10.1. The molecular weight excluding hydrogens is 246 g/mol. The van der Waals surface area contributed by atoms with E-state index in [1.54, 1.807) is 11.0 Å². The SMILES string of the molecule is N#Cc1ncn(CC(=O)N2CCC(=O)CC2)c1C#N. The van der Waals surface area contributed by atoms with E-state index in [1.807, 2.05) is 6.07 Å². The fourth-order valence-electron chi connectivity index (χ4n) is 1.95. The molecule has 96 valence electrons. The topological polar surface area (TPSA) is 103 Å². The third kappa shape index (κ3) is 2.61. The van der Waals surface area contributed by atoms with Crippen LogP contribution < -0.4 is 0 Å². The minimum Gasteiger partial charge on any atom is -0.340 e. The first-order valence-corrected chi connectivity index (χ1v) is 5.80. The van der Waals surface area contributed by atoms with Gasteiger partial charge in [-0.3, -0.25) is 9.59 Å². The fraction of sp³-hybridized carbons (Fsp3) is 0.417. The number of nitrogens with zero attached hydrogens (tertiary/aromatic N) is 5. The Morgan fingerprint density at radius 2 is 2.00 bits per heavy atom. The number of ketones is 1. The zero-order chi connectivity index (χ0) is 13.8. The second kappa shape index (κ2) is 5.32. The molecule has 2 rings (SSSR count). The van der Waals surface area contributed by atoms with Gasteiger partial charge in [-0.1, -0.05) is 0 Å². The molecule has 7 heteroatoms. The normalized spacial score (nSPS) is 14.8. The lowest BCUT2D eigenvalue weighted by Crippen LogP contribution is -2.40. The van der Waals surface area contributed by atoms with E-state index < -0.39 is 0 Å². The van der Waals surface area contributed by atoms with Crippen molar-refractivity contribution in [3.63, 3.8) is 0 Å². The number of rotatable bonds is 2. The number of aromatic nitrogens is 2. The van der Waals surface area contributed by atoms with Crippen LogP contribution in [0, 0.1) is 22.7 Å². The number of nitriles is 2. The summed E-state index contributed by atoms with van der Waals surface area (Å²) in [5.41, 5.74) is 0.105. The van der Waals surface area contributed by atoms with E-state index >= 15 is 0 Å². The Morgan fingerprint density at radius 1 is 1.32 bits per heavy atom. The fourth-order valence-corrected chi connectivity index (χ4v) is 1.95. The number of hydrogen-bond donors (Lipinski definition) is 0. The zero-order valence-electron chi connectivity index (χ0n) is 10.2. The Bertz CT molecular complexity index is 595. The van der Waals surface area contributed by atoms with Crippen molar-refractivity contribution in [2.75, 3.05) is 13.1 Å². The summed E-state index contributed by atoms with van der Waals surface area (Å²) in [5.74, 6) is -0.0120. The maximum Gasteiger partial charge on any atom is 0.242 e. The van der Waals surface area contributed by atoms with E-state index in [0.717, 1.165) is 0 Å². The summed E-state index contributed by atoms with van der Waals surface area (Å²) < 4.78 is 1.36. The summed E-state index contributed by atoms with van der Waals surface area (Å²) >= 11 is 0. The molecule has 0 saturated carbocycles. The van der Waals surface area contributed by atoms with Crippen LogP contribution in [0.15, 0.2) is 6.33 Å². The van der Waals surface area contributed by atoms with Gasteiger partial charge in [0.25, 0.3) is 0 Å². The van der Waals surface area contributed by atoms with E-state index in [-0.39, 0.29) is 29.6 Å². The molecule has 1 fully saturated rings. The van der Waals surface area contributed by atoms with Crippen molar-refractivity contribution < 1.29 is 9.59 Å². The highest BCUT2D eigenvalue weighted by Gasteiger charge is 2.22. The molecule has 0 spiro atoms. The second-order valence-electron chi connectivity index (χ2n) is 4.21. The first-order chi connectivity index (χ1) is 9.15. The highest BCUT2D eigenvalue weighted by atomic mass is 16.2. The van der Waals surface area contributed by atoms with Gasteiger partial charge in [-0.25, -0.2) is 4.98 Å². The molecule has 0 unspecified atom stereocenters. The zero-order valence-corrected chi connectivity index (χ0v) is 10.2. The third-order valence-corrected chi connectivity index (χ3v) is 3.03. The number of imidazole rings is 1. The average Bonchev–Trinajstić information content (AvgIpc) is 2.81. The van der Waals surface area contributed by atoms with Crippen molar-refractivity contribution in [2.24, 2.45) is 0 Å². The van der Waals surface area contributed by atoms with Crippen molar-refractivity contribution >= 4 is 11.7 Å². The van der Waals surface area contributed by atoms with Crippen molar-refractivity contribution in [3.8, 4) is 12.1 Å². The Labute approximate surface area is 109 Å². The molecule has 1 amide bonds. The Kier molecular flexibility index (Phi) is 3.58. The van der Waals surface area contributed by atoms with Crippen molar-refractivity contribution in [2.45, 2.75) is 19.4 Å². The number of hydrogen-bond acceptors (Lipinski definition) is 5. The predicted octanol–water partition coefficient (Wildman–Crippen LogP) is -0.182. The molecule has 1 saturated heterocycles. The van der Waals surface area contributed by atoms with Gasteiger partial charge in [0.05, 0.1) is 6.33 Å². The van der Waals surface area contributed by atoms with Gasteiger partial charge in [0.2, 0.25) is 5.91 Å². The van der Waals surface area contributed by atoms with Crippen molar-refractivity contribution in [3.05, 3.63) is 17.7 Å². The smallest absolute Gasteiger partial charge is 0.242 e. The van der Waals surface area contributed by atoms with Crippen LogP contribution in [0.2, 0.25) is 0 Å². The number of piperidine rings is 1. The molecule has 1 aromatic heterocycles. The second-order valence-corrected chi connectivity index (χ2v) is 4.21. The largest absolute Gasteiger partial charge is 0.340 e. The lowest BCUT2D eigenvalue weighted by Gasteiger charge is -2.26. The maximum absolute atomic E-state index is 12.0. The average molecular weight is 257 g/mol. The summed E-state index contributed by atoms with van der Waals surface area (Å²) in [6, 6.07) is 3.67. The lowest BCUT2D eigenvalue weighted by molar-refractivity contribution is -0.135. The molecule has 1 aliphatic heterocycles. The summed E-state index contributed by atoms with van der Waals surface area (Å²) in [5, 5.41) is 17.7. The van der Waals surface area contributed by atoms with Gasteiger partial charge in [-0.15, -0.1) is 0 Å². The van der Waals surface area contributed by atoms with E-state index in [2.05, 4.69) is 4.98 Å². The number of carbonyl (C=O) groups excluding carboxylic acids is 2. The molecular formula is C12H11N5O2. The summed E-state index contributed by atoms with van der Waals surface area (Å²) in [6.07, 6.45) is 2.07. The van der Waals surface area contributed by atoms with Gasteiger partial charge >= 0.3 is 0 Å². The van der Waals surface area contributed by atoms with E-state index in [1.165, 1.54) is 10.9 Å². The van der Waals surface area contributed by atoms with Crippen LogP contribution in [0.25, 0.3) is 0 Å². The van der Waals surface area contributed by atoms with Crippen molar-refractivity contribution in [1.29, 1.82) is 10.5 Å². The quantitative estimate of drug-likeness (QED) is 0.731. The molecule has 1 aromatic rings. The summed E-state index contributed by atoms with van der Waals surface area (Å²) in [6.45, 7) is 0.796. The first-order valence-electron chi connectivity index (χ1n) is 5.80. The predicted molar refractivity (Wildman–Crippen MR) is 62.5 cm³/mol. The molecule has 19 heavy (non-hydrogen) atoms. The highest BCUT2D eigenvalue weighted by molar-refractivity contribution is 5.83. The summed E-state index contributed by atoms with van der Waals surface area (Å²) in [7, 11) is 0. The van der Waals surface area contributed by atoms with Crippen LogP contribution >= 0.6 is 0 Å². The van der Waals surface area contributed by atoms with Crippen LogP contribution in [-0.4, -0.2) is 39.2 Å². The standard InChI is InChI=1S/C12H11N5O2/c13-5-10-11(6-14)17(8-15-10)7-12(19)16-3-1-9(18)2-4-16/h8H,1-4,7H2. The van der Waals surface area contributed by atoms with E-state index in [4.69, 9.17) is 10.5 Å². The Hall–Kier alpha value is -2.67. The maximum atomic E-state index is 12.0. The van der Waals surface area contributed by atoms with Crippen LogP contribution in [0.4, 0.5) is 0 Å². The van der Waals surface area contributed by atoms with Crippen LogP contribution in [0.3, 0.4) is 0 Å². The molecule has 0 bridgehead atoms. The molecule has 2 heterocycles. The van der Waals surface area contributed by atoms with Crippen LogP contribution in [-0.2, 0) is 16.1 Å². The molecule has 0 N–H and O–H groups in total. The minimum absolute atomic E-state index is 0.0177. The highest BCUT2D eigenvalue weighted by Crippen LogP contribution is 2.09. The monoisotopic (exact) mass is 257 g/mol. The number of Topliss-reactive ketones (excluding diaryl/α,β-unsaturated/α-hetero) is 1. The molecule has 7 nitrogen and oxygen atoms in total. The first kappa shape index (κ1) is 12.8. The van der Waals surface area contributed by atoms with E-state index in [0.29, 0.717) is 25.9 Å². The number of amides is 1. The molecule has 0 radical (unpaired) electrons. The van der Waals surface area contributed by atoms with Gasteiger partial charge in [0, 0.05) is 25.9 Å². The van der Waals surface area contributed by atoms with Gasteiger partial charge in [-0.2, -0.15) is 10.5 Å².